The van der Waals surface area contributed by atoms with Crippen molar-refractivity contribution in [2.75, 3.05) is 5.32 Å². The minimum atomic E-state index is -1.13. The van der Waals surface area contributed by atoms with Crippen LogP contribution < -0.4 is 10.6 Å². The summed E-state index contributed by atoms with van der Waals surface area (Å²) in [6.45, 7) is 0.0790. The van der Waals surface area contributed by atoms with E-state index in [-0.39, 0.29) is 36.2 Å². The molecule has 1 fully saturated rings. The molecular formula is C23H17FN4O5. The summed E-state index contributed by atoms with van der Waals surface area (Å²) in [5.41, 5.74) is 0.704. The maximum atomic E-state index is 14.3. The van der Waals surface area contributed by atoms with Gasteiger partial charge in [0.05, 0.1) is 29.6 Å². The van der Waals surface area contributed by atoms with Gasteiger partial charge < -0.3 is 9.73 Å². The first kappa shape index (κ1) is 20.6. The third-order valence-electron chi connectivity index (χ3n) is 5.53. The molecule has 9 nitrogen and oxygen atoms in total. The number of piperidine rings is 1. The fraction of sp³-hybridized carbons (Fsp3) is 0.174. The Morgan fingerprint density at radius 3 is 2.67 bits per heavy atom. The number of nitrogens with one attached hydrogen (secondary N) is 2. The lowest BCUT2D eigenvalue weighted by Gasteiger charge is -2.27. The predicted octanol–water partition coefficient (Wildman–Crippen LogP) is 2.49. The second kappa shape index (κ2) is 7.97. The van der Waals surface area contributed by atoms with Crippen molar-refractivity contribution in [1.82, 2.24) is 15.2 Å². The molecule has 4 amide bonds. The first-order valence-corrected chi connectivity index (χ1v) is 10.2. The standard InChI is InChI=1S/C23H17FN4O5/c24-13-8-15-19(23(32)28(22(15)31)17-6-7-18(29)27-20(17)30)16(9-13)25-10-14-11-26-21(33-14)12-4-2-1-3-5-12/h1-5,8-9,11,17,25H,6-7,10H2,(H,27,29,30). The number of aromatic nitrogens is 1. The van der Waals surface area contributed by atoms with Gasteiger partial charge in [-0.05, 0) is 30.7 Å². The molecule has 1 atom stereocenters. The Hall–Kier alpha value is -4.34. The van der Waals surface area contributed by atoms with Crippen LogP contribution in [0.5, 0.6) is 0 Å². The molecule has 2 aliphatic heterocycles. The molecular weight excluding hydrogens is 431 g/mol. The van der Waals surface area contributed by atoms with Crippen LogP contribution >= 0.6 is 0 Å². The highest BCUT2D eigenvalue weighted by atomic mass is 19.1. The highest BCUT2D eigenvalue weighted by Gasteiger charge is 2.46. The molecule has 2 aliphatic rings. The summed E-state index contributed by atoms with van der Waals surface area (Å²) in [6, 6.07) is 10.2. The van der Waals surface area contributed by atoms with Gasteiger partial charge in [0.1, 0.15) is 17.6 Å². The molecule has 5 rings (SSSR count). The monoisotopic (exact) mass is 448 g/mol. The van der Waals surface area contributed by atoms with Crippen molar-refractivity contribution in [2.24, 2.45) is 0 Å². The van der Waals surface area contributed by atoms with Crippen molar-refractivity contribution in [1.29, 1.82) is 0 Å². The molecule has 1 unspecified atom stereocenters. The number of rotatable bonds is 5. The fourth-order valence-corrected chi connectivity index (χ4v) is 3.99. The lowest BCUT2D eigenvalue weighted by Crippen LogP contribution is -2.54. The number of oxazole rings is 1. The third kappa shape index (κ3) is 3.65. The maximum Gasteiger partial charge on any atom is 0.264 e. The van der Waals surface area contributed by atoms with Crippen LogP contribution in [0.15, 0.2) is 53.1 Å². The number of carbonyl (C=O) groups is 4. The Bertz CT molecular complexity index is 1300. The minimum absolute atomic E-state index is 0.00147. The molecule has 2 aromatic carbocycles. The van der Waals surface area contributed by atoms with Gasteiger partial charge in [-0.1, -0.05) is 18.2 Å². The van der Waals surface area contributed by atoms with Crippen LogP contribution in [0.3, 0.4) is 0 Å². The molecule has 10 heteroatoms. The average Bonchev–Trinajstić information content (AvgIpc) is 3.37. The van der Waals surface area contributed by atoms with Crippen molar-refractivity contribution < 1.29 is 28.0 Å². The molecule has 33 heavy (non-hydrogen) atoms. The summed E-state index contributed by atoms with van der Waals surface area (Å²) < 4.78 is 20.0. The summed E-state index contributed by atoms with van der Waals surface area (Å²) in [6.07, 6.45) is 1.53. The highest BCUT2D eigenvalue weighted by molar-refractivity contribution is 6.25. The Morgan fingerprint density at radius 1 is 1.12 bits per heavy atom. The van der Waals surface area contributed by atoms with Crippen LogP contribution in [-0.2, 0) is 16.1 Å². The molecule has 0 radical (unpaired) electrons. The summed E-state index contributed by atoms with van der Waals surface area (Å²) in [7, 11) is 0. The molecule has 2 N–H and O–H groups in total. The number of amides is 4. The smallest absolute Gasteiger partial charge is 0.264 e. The number of nitrogens with zero attached hydrogens (tertiary/aromatic N) is 2. The minimum Gasteiger partial charge on any atom is -0.439 e. The van der Waals surface area contributed by atoms with Gasteiger partial charge in [-0.3, -0.25) is 29.4 Å². The van der Waals surface area contributed by atoms with Crippen molar-refractivity contribution in [3.05, 3.63) is 71.4 Å². The summed E-state index contributed by atoms with van der Waals surface area (Å²) in [4.78, 5) is 54.7. The van der Waals surface area contributed by atoms with E-state index in [4.69, 9.17) is 4.42 Å². The zero-order valence-corrected chi connectivity index (χ0v) is 17.1. The molecule has 0 aliphatic carbocycles. The number of hydrogen-bond acceptors (Lipinski definition) is 7. The molecule has 0 bridgehead atoms. The van der Waals surface area contributed by atoms with Gasteiger partial charge in [-0.15, -0.1) is 0 Å². The quantitative estimate of drug-likeness (QED) is 0.575. The molecule has 166 valence electrons. The van der Waals surface area contributed by atoms with Gasteiger partial charge in [-0.25, -0.2) is 9.37 Å². The number of fused-ring (bicyclic) bond motifs is 1. The van der Waals surface area contributed by atoms with Crippen molar-refractivity contribution in [3.8, 4) is 11.5 Å². The second-order valence-corrected chi connectivity index (χ2v) is 7.67. The van der Waals surface area contributed by atoms with Crippen molar-refractivity contribution in [3.63, 3.8) is 0 Å². The first-order valence-electron chi connectivity index (χ1n) is 10.2. The van der Waals surface area contributed by atoms with E-state index >= 15 is 0 Å². The number of benzene rings is 2. The number of carbonyl (C=O) groups excluding carboxylic acids is 4. The summed E-state index contributed by atoms with van der Waals surface area (Å²) >= 11 is 0. The third-order valence-corrected chi connectivity index (χ3v) is 5.53. The van der Waals surface area contributed by atoms with Crippen LogP contribution in [0, 0.1) is 5.82 Å². The van der Waals surface area contributed by atoms with Gasteiger partial charge in [0, 0.05) is 12.0 Å². The Morgan fingerprint density at radius 2 is 1.91 bits per heavy atom. The van der Waals surface area contributed by atoms with Crippen molar-refractivity contribution in [2.45, 2.75) is 25.4 Å². The number of halogens is 1. The van der Waals surface area contributed by atoms with Gasteiger partial charge in [-0.2, -0.15) is 0 Å². The van der Waals surface area contributed by atoms with Crippen LogP contribution in [0.25, 0.3) is 11.5 Å². The van der Waals surface area contributed by atoms with Gasteiger partial charge in [0.2, 0.25) is 17.7 Å². The molecule has 0 spiro atoms. The number of hydrogen-bond donors (Lipinski definition) is 2. The normalized spacial score (nSPS) is 17.8. The lowest BCUT2D eigenvalue weighted by atomic mass is 10.0. The Balaban J connectivity index is 1.40. The Labute approximate surface area is 186 Å². The largest absolute Gasteiger partial charge is 0.439 e. The molecule has 3 heterocycles. The van der Waals surface area contributed by atoms with E-state index < -0.39 is 35.5 Å². The van der Waals surface area contributed by atoms with Crippen LogP contribution in [0.4, 0.5) is 10.1 Å². The SMILES string of the molecule is O=C1CCC(N2C(=O)c3cc(F)cc(NCc4cnc(-c5ccccc5)o4)c3C2=O)C(=O)N1. The van der Waals surface area contributed by atoms with Crippen LogP contribution in [0.1, 0.15) is 39.3 Å². The van der Waals surface area contributed by atoms with Gasteiger partial charge >= 0.3 is 0 Å². The average molecular weight is 448 g/mol. The van der Waals surface area contributed by atoms with Gasteiger partial charge in [0.25, 0.3) is 11.8 Å². The van der Waals surface area contributed by atoms with E-state index in [1.807, 2.05) is 30.3 Å². The highest BCUT2D eigenvalue weighted by Crippen LogP contribution is 2.33. The van der Waals surface area contributed by atoms with E-state index in [9.17, 15) is 23.6 Å². The lowest BCUT2D eigenvalue weighted by molar-refractivity contribution is -0.136. The molecule has 1 saturated heterocycles. The van der Waals surface area contributed by atoms with Crippen LogP contribution in [-0.4, -0.2) is 39.6 Å². The first-order chi connectivity index (χ1) is 15.9. The predicted molar refractivity (Wildman–Crippen MR) is 112 cm³/mol. The number of anilines is 1. The summed E-state index contributed by atoms with van der Waals surface area (Å²) in [5, 5.41) is 5.06. The molecule has 3 aromatic rings. The second-order valence-electron chi connectivity index (χ2n) is 7.67. The Kier molecular flexibility index (Phi) is 4.97. The molecule has 1 aromatic heterocycles. The zero-order chi connectivity index (χ0) is 23.1. The maximum absolute atomic E-state index is 14.3. The number of imide groups is 2. The van der Waals surface area contributed by atoms with E-state index in [1.165, 1.54) is 6.20 Å². The van der Waals surface area contributed by atoms with E-state index in [1.54, 1.807) is 0 Å². The fourth-order valence-electron chi connectivity index (χ4n) is 3.99. The van der Waals surface area contributed by atoms with Gasteiger partial charge in [0.15, 0.2) is 0 Å². The van der Waals surface area contributed by atoms with Crippen LogP contribution in [0.2, 0.25) is 0 Å². The van der Waals surface area contributed by atoms with Crippen molar-refractivity contribution >= 4 is 29.3 Å². The van der Waals surface area contributed by atoms with E-state index in [0.717, 1.165) is 22.6 Å². The van der Waals surface area contributed by atoms with E-state index in [2.05, 4.69) is 15.6 Å². The topological polar surface area (TPSA) is 122 Å². The summed E-state index contributed by atoms with van der Waals surface area (Å²) in [5.74, 6) is -2.58. The zero-order valence-electron chi connectivity index (χ0n) is 17.1. The van der Waals surface area contributed by atoms with E-state index in [0.29, 0.717) is 11.7 Å². The molecule has 0 saturated carbocycles.